The number of carbonyl (C=O) groups excluding carboxylic acids is 2. The summed E-state index contributed by atoms with van der Waals surface area (Å²) in [7, 11) is 0. The van der Waals surface area contributed by atoms with Crippen molar-refractivity contribution in [3.63, 3.8) is 0 Å². The first-order chi connectivity index (χ1) is 8.24. The number of nitrogens with one attached hydrogen (secondary N) is 2. The second kappa shape index (κ2) is 8.39. The van der Waals surface area contributed by atoms with Crippen molar-refractivity contribution in [2.45, 2.75) is 45.1 Å². The summed E-state index contributed by atoms with van der Waals surface area (Å²) in [6, 6.07) is -0.308. The molecular weight excluding hydrogens is 236 g/mol. The molecule has 1 aliphatic heterocycles. The fourth-order valence-corrected chi connectivity index (χ4v) is 2.72. The number of amides is 2. The normalized spacial score (nSPS) is 19.8. The number of hydrogen-bond acceptors (Lipinski definition) is 3. The van der Waals surface area contributed by atoms with Crippen LogP contribution in [-0.2, 0) is 9.59 Å². The summed E-state index contributed by atoms with van der Waals surface area (Å²) < 4.78 is 0. The molecule has 0 aromatic carbocycles. The molecule has 0 radical (unpaired) electrons. The summed E-state index contributed by atoms with van der Waals surface area (Å²) in [4.78, 5) is 23.0. The minimum absolute atomic E-state index is 0.00366. The van der Waals surface area contributed by atoms with Gasteiger partial charge in [0.15, 0.2) is 0 Å². The van der Waals surface area contributed by atoms with Crippen molar-refractivity contribution in [2.24, 2.45) is 0 Å². The minimum Gasteiger partial charge on any atom is -0.354 e. The van der Waals surface area contributed by atoms with Crippen LogP contribution >= 0.6 is 11.8 Å². The van der Waals surface area contributed by atoms with Gasteiger partial charge >= 0.3 is 0 Å². The molecule has 1 fully saturated rings. The molecule has 0 aromatic rings. The molecule has 0 spiro atoms. The maximum Gasteiger partial charge on any atom is 0.242 e. The lowest BCUT2D eigenvalue weighted by atomic mass is 10.1. The van der Waals surface area contributed by atoms with E-state index in [9.17, 15) is 9.59 Å². The van der Waals surface area contributed by atoms with Gasteiger partial charge in [-0.05, 0) is 25.0 Å². The zero-order valence-electron chi connectivity index (χ0n) is 10.5. The van der Waals surface area contributed by atoms with Crippen LogP contribution in [0.2, 0.25) is 0 Å². The van der Waals surface area contributed by atoms with Gasteiger partial charge in [0, 0.05) is 18.7 Å². The molecule has 2 N–H and O–H groups in total. The zero-order valence-corrected chi connectivity index (χ0v) is 11.3. The predicted octanol–water partition coefficient (Wildman–Crippen LogP) is 1.30. The van der Waals surface area contributed by atoms with Crippen LogP contribution in [-0.4, -0.2) is 35.9 Å². The van der Waals surface area contributed by atoms with E-state index in [2.05, 4.69) is 17.6 Å². The Kier molecular flexibility index (Phi) is 7.08. The van der Waals surface area contributed by atoms with Gasteiger partial charge in [-0.2, -0.15) is 11.8 Å². The van der Waals surface area contributed by atoms with Gasteiger partial charge in [0.05, 0.1) is 0 Å². The van der Waals surface area contributed by atoms with Crippen LogP contribution in [0.3, 0.4) is 0 Å². The molecule has 0 unspecified atom stereocenters. The molecule has 1 aliphatic rings. The highest BCUT2D eigenvalue weighted by atomic mass is 32.2. The fourth-order valence-electron chi connectivity index (χ4n) is 1.69. The van der Waals surface area contributed by atoms with Crippen LogP contribution in [0.4, 0.5) is 0 Å². The molecule has 1 heterocycles. The maximum absolute atomic E-state index is 11.6. The topological polar surface area (TPSA) is 58.2 Å². The lowest BCUT2D eigenvalue weighted by Gasteiger charge is -2.22. The highest BCUT2D eigenvalue weighted by Crippen LogP contribution is 2.07. The van der Waals surface area contributed by atoms with Gasteiger partial charge in [-0.3, -0.25) is 9.59 Å². The van der Waals surface area contributed by atoms with Gasteiger partial charge in [-0.15, -0.1) is 0 Å². The second-order valence-electron chi connectivity index (χ2n) is 4.27. The van der Waals surface area contributed by atoms with Crippen LogP contribution < -0.4 is 10.6 Å². The van der Waals surface area contributed by atoms with Gasteiger partial charge in [0.1, 0.15) is 6.04 Å². The van der Waals surface area contributed by atoms with E-state index in [1.54, 1.807) is 0 Å². The van der Waals surface area contributed by atoms with E-state index >= 15 is 0 Å². The first-order valence-electron chi connectivity index (χ1n) is 6.39. The van der Waals surface area contributed by atoms with Crippen molar-refractivity contribution in [3.8, 4) is 0 Å². The number of thioether (sulfide) groups is 1. The molecular formula is C12H22N2O2S. The highest BCUT2D eigenvalue weighted by molar-refractivity contribution is 7.99. The summed E-state index contributed by atoms with van der Waals surface area (Å²) in [6.45, 7) is 2.90. The van der Waals surface area contributed by atoms with Gasteiger partial charge in [0.25, 0.3) is 0 Å². The second-order valence-corrected chi connectivity index (χ2v) is 5.49. The van der Waals surface area contributed by atoms with Crippen molar-refractivity contribution in [3.05, 3.63) is 0 Å². The van der Waals surface area contributed by atoms with Crippen LogP contribution in [0.15, 0.2) is 0 Å². The first-order valence-corrected chi connectivity index (χ1v) is 7.54. The summed E-state index contributed by atoms with van der Waals surface area (Å²) in [5.41, 5.74) is 0. The smallest absolute Gasteiger partial charge is 0.242 e. The van der Waals surface area contributed by atoms with Crippen LogP contribution in [0.25, 0.3) is 0 Å². The Labute approximate surface area is 107 Å². The number of hydrogen-bond donors (Lipinski definition) is 2. The Morgan fingerprint density at radius 3 is 3.06 bits per heavy atom. The Morgan fingerprint density at radius 1 is 1.53 bits per heavy atom. The van der Waals surface area contributed by atoms with Crippen molar-refractivity contribution >= 4 is 23.6 Å². The molecule has 4 nitrogen and oxygen atoms in total. The number of carbonyl (C=O) groups is 2. The molecule has 0 aliphatic carbocycles. The lowest BCUT2D eigenvalue weighted by molar-refractivity contribution is -0.129. The SMILES string of the molecule is CCCCSCCC(=O)N[C@@H]1CCCNC1=O. The summed E-state index contributed by atoms with van der Waals surface area (Å²) in [5, 5.41) is 5.56. The standard InChI is InChI=1S/C12H22N2O2S/c1-2-3-8-17-9-6-11(15)14-10-5-4-7-13-12(10)16/h10H,2-9H2,1H3,(H,13,16)(H,14,15)/t10-/m1/s1. The minimum atomic E-state index is -0.308. The zero-order chi connectivity index (χ0) is 12.5. The van der Waals surface area contributed by atoms with Crippen LogP contribution in [0.5, 0.6) is 0 Å². The monoisotopic (exact) mass is 258 g/mol. The Morgan fingerprint density at radius 2 is 2.35 bits per heavy atom. The molecule has 17 heavy (non-hydrogen) atoms. The molecule has 1 atom stereocenters. The average molecular weight is 258 g/mol. The van der Waals surface area contributed by atoms with E-state index < -0.39 is 0 Å². The summed E-state index contributed by atoms with van der Waals surface area (Å²) >= 11 is 1.81. The average Bonchev–Trinajstić information content (AvgIpc) is 2.32. The van der Waals surface area contributed by atoms with Gasteiger partial charge in [-0.1, -0.05) is 13.3 Å². The predicted molar refractivity (Wildman–Crippen MR) is 71.0 cm³/mol. The van der Waals surface area contributed by atoms with Gasteiger partial charge in [0.2, 0.25) is 11.8 Å². The summed E-state index contributed by atoms with van der Waals surface area (Å²) in [6.07, 6.45) is 4.62. The van der Waals surface area contributed by atoms with E-state index in [1.807, 2.05) is 11.8 Å². The van der Waals surface area contributed by atoms with E-state index in [4.69, 9.17) is 0 Å². The highest BCUT2D eigenvalue weighted by Gasteiger charge is 2.22. The first kappa shape index (κ1) is 14.4. The van der Waals surface area contributed by atoms with Gasteiger partial charge < -0.3 is 10.6 Å². The molecule has 0 saturated carbocycles. The molecule has 98 valence electrons. The van der Waals surface area contributed by atoms with Gasteiger partial charge in [-0.25, -0.2) is 0 Å². The fraction of sp³-hybridized carbons (Fsp3) is 0.833. The number of rotatable bonds is 7. The van der Waals surface area contributed by atoms with E-state index in [1.165, 1.54) is 12.8 Å². The third-order valence-electron chi connectivity index (χ3n) is 2.74. The van der Waals surface area contributed by atoms with Crippen molar-refractivity contribution < 1.29 is 9.59 Å². The Bertz CT molecular complexity index is 259. The number of piperidine rings is 1. The molecule has 1 saturated heterocycles. The Balaban J connectivity index is 2.09. The third-order valence-corrected chi connectivity index (χ3v) is 3.81. The van der Waals surface area contributed by atoms with Crippen molar-refractivity contribution in [2.75, 3.05) is 18.1 Å². The lowest BCUT2D eigenvalue weighted by Crippen LogP contribution is -2.50. The molecule has 5 heteroatoms. The molecule has 1 rings (SSSR count). The quantitative estimate of drug-likeness (QED) is 0.677. The van der Waals surface area contributed by atoms with Crippen LogP contribution in [0.1, 0.15) is 39.0 Å². The molecule has 2 amide bonds. The number of unbranched alkanes of at least 4 members (excludes halogenated alkanes) is 1. The Hall–Kier alpha value is -0.710. The van der Waals surface area contributed by atoms with Crippen molar-refractivity contribution in [1.82, 2.24) is 10.6 Å². The molecule has 0 bridgehead atoms. The third kappa shape index (κ3) is 5.96. The van der Waals surface area contributed by atoms with E-state index in [-0.39, 0.29) is 17.9 Å². The summed E-state index contributed by atoms with van der Waals surface area (Å²) in [5.74, 6) is 1.92. The van der Waals surface area contributed by atoms with E-state index in [0.29, 0.717) is 6.42 Å². The largest absolute Gasteiger partial charge is 0.354 e. The van der Waals surface area contributed by atoms with Crippen molar-refractivity contribution in [1.29, 1.82) is 0 Å². The van der Waals surface area contributed by atoms with E-state index in [0.717, 1.165) is 30.9 Å². The molecule has 0 aromatic heterocycles. The maximum atomic E-state index is 11.6. The van der Waals surface area contributed by atoms with Crippen LogP contribution in [0, 0.1) is 0 Å².